The number of aromatic nitrogens is 1. The van der Waals surface area contributed by atoms with Gasteiger partial charge in [0.2, 0.25) is 0 Å². The zero-order valence-electron chi connectivity index (χ0n) is 12.4. The standard InChI is InChI=1S/C18H15FN2OS/c19-15-4-2-1-3-14(15)10-21-17(11-23-18(21)22)13-5-6-16-12(9-13)7-8-20-16/h1-6,9,11,20H,7-8,10H2. The first-order valence-electron chi connectivity index (χ1n) is 7.51. The summed E-state index contributed by atoms with van der Waals surface area (Å²) in [5, 5.41) is 5.18. The Balaban J connectivity index is 1.76. The monoisotopic (exact) mass is 326 g/mol. The van der Waals surface area contributed by atoms with E-state index in [1.54, 1.807) is 22.8 Å². The Morgan fingerprint density at radius 1 is 1.22 bits per heavy atom. The summed E-state index contributed by atoms with van der Waals surface area (Å²) >= 11 is 1.15. The number of halogens is 1. The first-order valence-corrected chi connectivity index (χ1v) is 8.39. The summed E-state index contributed by atoms with van der Waals surface area (Å²) in [5.41, 5.74) is 4.79. The predicted octanol–water partition coefficient (Wildman–Crippen LogP) is 3.73. The number of hydrogen-bond acceptors (Lipinski definition) is 3. The van der Waals surface area contributed by atoms with Crippen molar-refractivity contribution < 1.29 is 4.39 Å². The molecular formula is C18H15FN2OS. The molecular weight excluding hydrogens is 311 g/mol. The molecule has 0 spiro atoms. The van der Waals surface area contributed by atoms with Gasteiger partial charge in [-0.25, -0.2) is 4.39 Å². The molecule has 1 N–H and O–H groups in total. The van der Waals surface area contributed by atoms with Crippen molar-refractivity contribution in [3.8, 4) is 11.3 Å². The Morgan fingerprint density at radius 3 is 2.96 bits per heavy atom. The van der Waals surface area contributed by atoms with Gasteiger partial charge in [0.15, 0.2) is 0 Å². The van der Waals surface area contributed by atoms with Crippen molar-refractivity contribution in [3.63, 3.8) is 0 Å². The highest BCUT2D eigenvalue weighted by molar-refractivity contribution is 7.07. The third-order valence-corrected chi connectivity index (χ3v) is 4.94. The Kier molecular flexibility index (Phi) is 3.50. The van der Waals surface area contributed by atoms with Crippen molar-refractivity contribution in [2.24, 2.45) is 0 Å². The molecule has 0 saturated carbocycles. The van der Waals surface area contributed by atoms with E-state index in [2.05, 4.69) is 11.4 Å². The number of benzene rings is 2. The van der Waals surface area contributed by atoms with Crippen molar-refractivity contribution in [3.05, 3.63) is 74.5 Å². The Hall–Kier alpha value is -2.40. The molecule has 0 saturated heterocycles. The van der Waals surface area contributed by atoms with Gasteiger partial charge < -0.3 is 5.32 Å². The number of hydrogen-bond donors (Lipinski definition) is 1. The van der Waals surface area contributed by atoms with E-state index in [1.165, 1.54) is 11.6 Å². The minimum Gasteiger partial charge on any atom is -0.384 e. The highest BCUT2D eigenvalue weighted by Crippen LogP contribution is 2.29. The van der Waals surface area contributed by atoms with Crippen LogP contribution in [0.1, 0.15) is 11.1 Å². The van der Waals surface area contributed by atoms with Crippen LogP contribution >= 0.6 is 11.3 Å². The van der Waals surface area contributed by atoms with Crippen LogP contribution < -0.4 is 10.2 Å². The topological polar surface area (TPSA) is 34.0 Å². The van der Waals surface area contributed by atoms with E-state index < -0.39 is 0 Å². The molecule has 3 nitrogen and oxygen atoms in total. The molecule has 0 aliphatic carbocycles. The minimum atomic E-state index is -0.283. The van der Waals surface area contributed by atoms with Crippen molar-refractivity contribution in [2.75, 3.05) is 11.9 Å². The van der Waals surface area contributed by atoms with Crippen LogP contribution in [0, 0.1) is 5.82 Å². The maximum atomic E-state index is 13.9. The molecule has 0 atom stereocenters. The van der Waals surface area contributed by atoms with Crippen molar-refractivity contribution in [1.82, 2.24) is 4.57 Å². The number of thiazole rings is 1. The van der Waals surface area contributed by atoms with E-state index in [-0.39, 0.29) is 17.2 Å². The van der Waals surface area contributed by atoms with Gasteiger partial charge in [-0.2, -0.15) is 0 Å². The molecule has 116 valence electrons. The third kappa shape index (κ3) is 2.57. The molecule has 3 aromatic rings. The lowest BCUT2D eigenvalue weighted by Crippen LogP contribution is -2.15. The second-order valence-corrected chi connectivity index (χ2v) is 6.43. The second kappa shape index (κ2) is 5.66. The first kappa shape index (κ1) is 14.2. The number of nitrogens with zero attached hydrogens (tertiary/aromatic N) is 1. The summed E-state index contributed by atoms with van der Waals surface area (Å²) in [6.45, 7) is 1.20. The quantitative estimate of drug-likeness (QED) is 0.796. The number of anilines is 1. The molecule has 1 aliphatic heterocycles. The Bertz CT molecular complexity index is 929. The van der Waals surface area contributed by atoms with Gasteiger partial charge in [0.05, 0.1) is 12.2 Å². The van der Waals surface area contributed by atoms with Crippen molar-refractivity contribution >= 4 is 17.0 Å². The Labute approximate surface area is 137 Å². The van der Waals surface area contributed by atoms with Crippen molar-refractivity contribution in [2.45, 2.75) is 13.0 Å². The average molecular weight is 326 g/mol. The highest BCUT2D eigenvalue weighted by Gasteiger charge is 2.15. The Morgan fingerprint density at radius 2 is 2.09 bits per heavy atom. The van der Waals surface area contributed by atoms with Gasteiger partial charge in [-0.1, -0.05) is 35.6 Å². The maximum absolute atomic E-state index is 13.9. The number of nitrogens with one attached hydrogen (secondary N) is 1. The van der Waals surface area contributed by atoms with Crippen LogP contribution in [0.5, 0.6) is 0 Å². The second-order valence-electron chi connectivity index (χ2n) is 5.61. The van der Waals surface area contributed by atoms with Gasteiger partial charge in [-0.05, 0) is 35.7 Å². The largest absolute Gasteiger partial charge is 0.384 e. The smallest absolute Gasteiger partial charge is 0.307 e. The van der Waals surface area contributed by atoms with Gasteiger partial charge >= 0.3 is 4.87 Å². The molecule has 0 unspecified atom stereocenters. The van der Waals surface area contributed by atoms with Gasteiger partial charge in [0.1, 0.15) is 5.82 Å². The molecule has 1 aliphatic rings. The van der Waals surface area contributed by atoms with Crippen LogP contribution in [0.15, 0.2) is 52.6 Å². The van der Waals surface area contributed by atoms with E-state index in [0.717, 1.165) is 41.2 Å². The molecule has 4 rings (SSSR count). The summed E-state index contributed by atoms with van der Waals surface area (Å²) in [5.74, 6) is -0.283. The molecule has 0 radical (unpaired) electrons. The minimum absolute atomic E-state index is 0.0677. The fourth-order valence-corrected chi connectivity index (χ4v) is 3.73. The fourth-order valence-electron chi connectivity index (χ4n) is 2.97. The molecule has 0 amide bonds. The van der Waals surface area contributed by atoms with Crippen LogP contribution in [0.2, 0.25) is 0 Å². The fraction of sp³-hybridized carbons (Fsp3) is 0.167. The predicted molar refractivity (Wildman–Crippen MR) is 91.7 cm³/mol. The van der Waals surface area contributed by atoms with Crippen LogP contribution in [0.4, 0.5) is 10.1 Å². The zero-order valence-corrected chi connectivity index (χ0v) is 13.2. The molecule has 2 aromatic carbocycles. The molecule has 2 heterocycles. The average Bonchev–Trinajstić information content (AvgIpc) is 3.16. The lowest BCUT2D eigenvalue weighted by Gasteiger charge is -2.10. The van der Waals surface area contributed by atoms with Crippen LogP contribution in [-0.4, -0.2) is 11.1 Å². The summed E-state index contributed by atoms with van der Waals surface area (Å²) in [6, 6.07) is 12.8. The van der Waals surface area contributed by atoms with Gasteiger partial charge in [0, 0.05) is 23.2 Å². The first-order chi connectivity index (χ1) is 11.2. The molecule has 0 fully saturated rings. The lowest BCUT2D eigenvalue weighted by molar-refractivity contribution is 0.599. The van der Waals surface area contributed by atoms with E-state index in [1.807, 2.05) is 17.5 Å². The van der Waals surface area contributed by atoms with Crippen LogP contribution in [-0.2, 0) is 13.0 Å². The number of fused-ring (bicyclic) bond motifs is 1. The zero-order chi connectivity index (χ0) is 15.8. The molecule has 0 bridgehead atoms. The SMILES string of the molecule is O=c1scc(-c2ccc3c(c2)CCN3)n1Cc1ccccc1F. The lowest BCUT2D eigenvalue weighted by atomic mass is 10.1. The van der Waals surface area contributed by atoms with Crippen LogP contribution in [0.25, 0.3) is 11.3 Å². The van der Waals surface area contributed by atoms with E-state index in [4.69, 9.17) is 0 Å². The summed E-state index contributed by atoms with van der Waals surface area (Å²) in [6.07, 6.45) is 0.991. The summed E-state index contributed by atoms with van der Waals surface area (Å²) in [7, 11) is 0. The van der Waals surface area contributed by atoms with E-state index in [0.29, 0.717) is 5.56 Å². The third-order valence-electron chi connectivity index (χ3n) is 4.18. The summed E-state index contributed by atoms with van der Waals surface area (Å²) in [4.78, 5) is 12.1. The molecule has 1 aromatic heterocycles. The van der Waals surface area contributed by atoms with Crippen LogP contribution in [0.3, 0.4) is 0 Å². The van der Waals surface area contributed by atoms with Gasteiger partial charge in [-0.15, -0.1) is 0 Å². The van der Waals surface area contributed by atoms with Gasteiger partial charge in [0.25, 0.3) is 0 Å². The molecule has 5 heteroatoms. The normalized spacial score (nSPS) is 12.9. The number of rotatable bonds is 3. The molecule has 23 heavy (non-hydrogen) atoms. The van der Waals surface area contributed by atoms with Crippen molar-refractivity contribution in [1.29, 1.82) is 0 Å². The van der Waals surface area contributed by atoms with E-state index >= 15 is 0 Å². The summed E-state index contributed by atoms with van der Waals surface area (Å²) < 4.78 is 15.6. The highest BCUT2D eigenvalue weighted by atomic mass is 32.1. The van der Waals surface area contributed by atoms with Gasteiger partial charge in [-0.3, -0.25) is 9.36 Å². The van der Waals surface area contributed by atoms with E-state index in [9.17, 15) is 9.18 Å². The maximum Gasteiger partial charge on any atom is 0.307 e.